The van der Waals surface area contributed by atoms with Crippen LogP contribution in [-0.2, 0) is 13.5 Å². The minimum absolute atomic E-state index is 0.507. The molecule has 0 aliphatic rings. The molecule has 1 aromatic rings. The Hall–Kier alpha value is -1.09. The van der Waals surface area contributed by atoms with Gasteiger partial charge in [-0.05, 0) is 13.3 Å². The number of hydrogen-bond acceptors (Lipinski definition) is 2. The Bertz CT molecular complexity index is 278. The molecule has 0 aliphatic carbocycles. The van der Waals surface area contributed by atoms with E-state index in [4.69, 9.17) is 0 Å². The van der Waals surface area contributed by atoms with Crippen molar-refractivity contribution in [2.24, 2.45) is 7.05 Å². The van der Waals surface area contributed by atoms with Crippen molar-refractivity contribution in [3.05, 3.63) is 30.9 Å². The highest BCUT2D eigenvalue weighted by Crippen LogP contribution is 1.95. The second-order valence-corrected chi connectivity index (χ2v) is 3.58. The molecule has 1 aromatic heterocycles. The van der Waals surface area contributed by atoms with Crippen molar-refractivity contribution >= 4 is 0 Å². The molecule has 0 saturated heterocycles. The van der Waals surface area contributed by atoms with Crippen LogP contribution in [0.3, 0.4) is 0 Å². The molecule has 0 radical (unpaired) electrons. The predicted molar refractivity (Wildman–Crippen MR) is 59.2 cm³/mol. The van der Waals surface area contributed by atoms with Crippen molar-refractivity contribution in [3.8, 4) is 0 Å². The van der Waals surface area contributed by atoms with Crippen LogP contribution < -0.4 is 5.32 Å². The van der Waals surface area contributed by atoms with E-state index in [2.05, 4.69) is 28.4 Å². The molecule has 0 saturated carbocycles. The van der Waals surface area contributed by atoms with Crippen molar-refractivity contribution in [3.63, 3.8) is 0 Å². The van der Waals surface area contributed by atoms with Crippen LogP contribution in [0.4, 0.5) is 0 Å². The zero-order valence-corrected chi connectivity index (χ0v) is 9.03. The van der Waals surface area contributed by atoms with Crippen molar-refractivity contribution in [1.82, 2.24) is 14.9 Å². The maximum absolute atomic E-state index is 4.26. The molecular formula is C11H19N3. The van der Waals surface area contributed by atoms with Crippen LogP contribution in [0.2, 0.25) is 0 Å². The van der Waals surface area contributed by atoms with Gasteiger partial charge in [0.05, 0.1) is 0 Å². The molecule has 1 rings (SSSR count). The quantitative estimate of drug-likeness (QED) is 0.694. The van der Waals surface area contributed by atoms with Crippen LogP contribution >= 0.6 is 0 Å². The SMILES string of the molecule is C=CCC(C)NCCc1nccn1C. The second kappa shape index (κ2) is 5.60. The number of imidazole rings is 1. The van der Waals surface area contributed by atoms with Crippen LogP contribution in [0.5, 0.6) is 0 Å². The Balaban J connectivity index is 2.22. The van der Waals surface area contributed by atoms with Gasteiger partial charge in [0, 0.05) is 38.4 Å². The lowest BCUT2D eigenvalue weighted by Gasteiger charge is -2.10. The van der Waals surface area contributed by atoms with E-state index in [1.54, 1.807) is 0 Å². The first kappa shape index (κ1) is 11.0. The van der Waals surface area contributed by atoms with Crippen LogP contribution in [0.15, 0.2) is 25.0 Å². The van der Waals surface area contributed by atoms with E-state index in [0.29, 0.717) is 6.04 Å². The summed E-state index contributed by atoms with van der Waals surface area (Å²) in [5, 5.41) is 3.42. The van der Waals surface area contributed by atoms with Crippen LogP contribution in [-0.4, -0.2) is 22.1 Å². The molecule has 1 N–H and O–H groups in total. The third-order valence-electron chi connectivity index (χ3n) is 2.28. The van der Waals surface area contributed by atoms with Gasteiger partial charge in [-0.3, -0.25) is 0 Å². The van der Waals surface area contributed by atoms with Gasteiger partial charge in [0.1, 0.15) is 5.82 Å². The summed E-state index contributed by atoms with van der Waals surface area (Å²) in [6.07, 6.45) is 7.75. The fourth-order valence-corrected chi connectivity index (χ4v) is 1.40. The average Bonchev–Trinajstić information content (AvgIpc) is 2.52. The molecule has 78 valence electrons. The molecular weight excluding hydrogens is 174 g/mol. The summed E-state index contributed by atoms with van der Waals surface area (Å²) in [6, 6.07) is 0.507. The number of rotatable bonds is 6. The number of nitrogens with zero attached hydrogens (tertiary/aromatic N) is 2. The molecule has 0 aliphatic heterocycles. The van der Waals surface area contributed by atoms with Gasteiger partial charge < -0.3 is 9.88 Å². The molecule has 0 bridgehead atoms. The first-order valence-corrected chi connectivity index (χ1v) is 5.04. The maximum atomic E-state index is 4.26. The lowest BCUT2D eigenvalue weighted by molar-refractivity contribution is 0.547. The summed E-state index contributed by atoms with van der Waals surface area (Å²) in [5.41, 5.74) is 0. The topological polar surface area (TPSA) is 29.9 Å². The van der Waals surface area contributed by atoms with Crippen LogP contribution in [0.25, 0.3) is 0 Å². The smallest absolute Gasteiger partial charge is 0.109 e. The summed E-state index contributed by atoms with van der Waals surface area (Å²) in [7, 11) is 2.02. The lowest BCUT2D eigenvalue weighted by atomic mass is 10.2. The maximum Gasteiger partial charge on any atom is 0.109 e. The zero-order valence-electron chi connectivity index (χ0n) is 9.03. The molecule has 0 fully saturated rings. The Morgan fingerprint density at radius 1 is 1.71 bits per heavy atom. The third kappa shape index (κ3) is 3.34. The summed E-state index contributed by atoms with van der Waals surface area (Å²) in [6.45, 7) is 6.86. The molecule has 3 nitrogen and oxygen atoms in total. The standard InChI is InChI=1S/C11H19N3/c1-4-5-10(2)12-7-6-11-13-8-9-14(11)3/h4,8-10,12H,1,5-7H2,2-3H3. The Kier molecular flexibility index (Phi) is 4.40. The Morgan fingerprint density at radius 3 is 3.07 bits per heavy atom. The van der Waals surface area contributed by atoms with Crippen molar-refractivity contribution in [2.45, 2.75) is 25.8 Å². The summed E-state index contributed by atoms with van der Waals surface area (Å²) in [5.74, 6) is 1.13. The minimum Gasteiger partial charge on any atom is -0.338 e. The Labute approximate surface area is 85.8 Å². The van der Waals surface area contributed by atoms with E-state index < -0.39 is 0 Å². The van der Waals surface area contributed by atoms with Gasteiger partial charge in [0.2, 0.25) is 0 Å². The molecule has 3 heteroatoms. The fourth-order valence-electron chi connectivity index (χ4n) is 1.40. The number of aryl methyl sites for hydroxylation is 1. The minimum atomic E-state index is 0.507. The monoisotopic (exact) mass is 193 g/mol. The molecule has 0 amide bonds. The van der Waals surface area contributed by atoms with Gasteiger partial charge in [-0.25, -0.2) is 4.98 Å². The summed E-state index contributed by atoms with van der Waals surface area (Å²) >= 11 is 0. The zero-order chi connectivity index (χ0) is 10.4. The van der Waals surface area contributed by atoms with E-state index in [1.807, 2.05) is 25.5 Å². The number of aromatic nitrogens is 2. The first-order valence-electron chi connectivity index (χ1n) is 5.04. The van der Waals surface area contributed by atoms with Gasteiger partial charge in [-0.1, -0.05) is 6.08 Å². The Morgan fingerprint density at radius 2 is 2.50 bits per heavy atom. The van der Waals surface area contributed by atoms with Crippen molar-refractivity contribution < 1.29 is 0 Å². The lowest BCUT2D eigenvalue weighted by Crippen LogP contribution is -2.28. The van der Waals surface area contributed by atoms with Gasteiger partial charge in [-0.15, -0.1) is 6.58 Å². The van der Waals surface area contributed by atoms with Crippen molar-refractivity contribution in [2.75, 3.05) is 6.54 Å². The first-order chi connectivity index (χ1) is 6.74. The molecule has 14 heavy (non-hydrogen) atoms. The van der Waals surface area contributed by atoms with Gasteiger partial charge in [0.25, 0.3) is 0 Å². The second-order valence-electron chi connectivity index (χ2n) is 3.58. The van der Waals surface area contributed by atoms with Crippen LogP contribution in [0, 0.1) is 0 Å². The normalized spacial score (nSPS) is 12.7. The highest BCUT2D eigenvalue weighted by molar-refractivity contribution is 4.91. The molecule has 1 heterocycles. The summed E-state index contributed by atoms with van der Waals surface area (Å²) in [4.78, 5) is 4.26. The van der Waals surface area contributed by atoms with Crippen molar-refractivity contribution in [1.29, 1.82) is 0 Å². The molecule has 0 aromatic carbocycles. The fraction of sp³-hybridized carbons (Fsp3) is 0.545. The van der Waals surface area contributed by atoms with E-state index in [1.165, 1.54) is 0 Å². The van der Waals surface area contributed by atoms with E-state index in [-0.39, 0.29) is 0 Å². The van der Waals surface area contributed by atoms with E-state index in [9.17, 15) is 0 Å². The highest BCUT2D eigenvalue weighted by atomic mass is 15.0. The number of hydrogen-bond donors (Lipinski definition) is 1. The third-order valence-corrected chi connectivity index (χ3v) is 2.28. The van der Waals surface area contributed by atoms with Gasteiger partial charge >= 0.3 is 0 Å². The van der Waals surface area contributed by atoms with E-state index >= 15 is 0 Å². The molecule has 0 spiro atoms. The number of nitrogens with one attached hydrogen (secondary N) is 1. The average molecular weight is 193 g/mol. The molecule has 1 unspecified atom stereocenters. The van der Waals surface area contributed by atoms with Crippen LogP contribution in [0.1, 0.15) is 19.2 Å². The summed E-state index contributed by atoms with van der Waals surface area (Å²) < 4.78 is 2.06. The molecule has 1 atom stereocenters. The van der Waals surface area contributed by atoms with Gasteiger partial charge in [-0.2, -0.15) is 0 Å². The highest BCUT2D eigenvalue weighted by Gasteiger charge is 2.00. The van der Waals surface area contributed by atoms with Gasteiger partial charge in [0.15, 0.2) is 0 Å². The predicted octanol–water partition coefficient (Wildman–Crippen LogP) is 1.52. The van der Waals surface area contributed by atoms with E-state index in [0.717, 1.165) is 25.2 Å². The largest absolute Gasteiger partial charge is 0.338 e.